The summed E-state index contributed by atoms with van der Waals surface area (Å²) in [7, 11) is 0. The van der Waals surface area contributed by atoms with Crippen LogP contribution in [0.1, 0.15) is 58.3 Å². The molecule has 4 rings (SSSR count). The Morgan fingerprint density at radius 3 is 2.48 bits per heavy atom. The normalized spacial score (nSPS) is 51.2. The van der Waals surface area contributed by atoms with E-state index in [9.17, 15) is 15.3 Å². The lowest BCUT2D eigenvalue weighted by atomic mass is 9.40. The zero-order valence-corrected chi connectivity index (χ0v) is 14.4. The smallest absolute Gasteiger partial charge is 0.0552 e. The average Bonchev–Trinajstić information content (AvgIpc) is 2.74. The van der Waals surface area contributed by atoms with E-state index >= 15 is 0 Å². The Morgan fingerprint density at radius 1 is 1.04 bits per heavy atom. The molecule has 0 radical (unpaired) electrons. The molecule has 0 aromatic rings. The van der Waals surface area contributed by atoms with Crippen LogP contribution in [0.3, 0.4) is 0 Å². The maximum absolute atomic E-state index is 10.6. The predicted molar refractivity (Wildman–Crippen MR) is 89.7 cm³/mol. The minimum absolute atomic E-state index is 0.00410. The summed E-state index contributed by atoms with van der Waals surface area (Å²) in [4.78, 5) is 0. The Kier molecular flexibility index (Phi) is 3.54. The fourth-order valence-corrected chi connectivity index (χ4v) is 7.83. The van der Waals surface area contributed by atoms with Crippen molar-refractivity contribution in [3.05, 3.63) is 12.2 Å². The Labute approximate surface area is 139 Å². The molecular formula is C20H32O3. The van der Waals surface area contributed by atoms with Crippen LogP contribution >= 0.6 is 0 Å². The zero-order valence-electron chi connectivity index (χ0n) is 14.4. The van der Waals surface area contributed by atoms with Gasteiger partial charge in [0.2, 0.25) is 0 Å². The topological polar surface area (TPSA) is 60.7 Å². The molecule has 4 aliphatic rings. The van der Waals surface area contributed by atoms with Gasteiger partial charge in [-0.05, 0) is 80.0 Å². The van der Waals surface area contributed by atoms with E-state index in [4.69, 9.17) is 0 Å². The molecule has 130 valence electrons. The highest BCUT2D eigenvalue weighted by atomic mass is 16.3. The molecule has 0 aliphatic heterocycles. The van der Waals surface area contributed by atoms with Gasteiger partial charge in [-0.1, -0.05) is 19.1 Å². The van der Waals surface area contributed by atoms with Crippen molar-refractivity contribution in [2.75, 3.05) is 13.2 Å². The molecule has 0 amide bonds. The number of aliphatic hydroxyl groups is 3. The van der Waals surface area contributed by atoms with Crippen molar-refractivity contribution in [3.63, 3.8) is 0 Å². The molecule has 0 saturated heterocycles. The van der Waals surface area contributed by atoms with Crippen molar-refractivity contribution in [2.24, 2.45) is 34.0 Å². The maximum atomic E-state index is 10.6. The van der Waals surface area contributed by atoms with Crippen LogP contribution in [-0.2, 0) is 0 Å². The second-order valence-corrected chi connectivity index (χ2v) is 9.57. The first kappa shape index (κ1) is 16.1. The van der Waals surface area contributed by atoms with E-state index < -0.39 is 11.5 Å². The first-order valence-electron chi connectivity index (χ1n) is 9.47. The number of aliphatic hydroxyl groups excluding tert-OH is 3. The van der Waals surface area contributed by atoms with Gasteiger partial charge in [0.25, 0.3) is 0 Å². The lowest BCUT2D eigenvalue weighted by molar-refractivity contribution is -0.200. The predicted octanol–water partition coefficient (Wildman–Crippen LogP) is 2.89. The highest BCUT2D eigenvalue weighted by Gasteiger charge is 2.65. The number of allylic oxidation sites excluding steroid dienone is 1. The van der Waals surface area contributed by atoms with E-state index in [0.29, 0.717) is 23.7 Å². The van der Waals surface area contributed by atoms with Crippen LogP contribution in [-0.4, -0.2) is 34.6 Å². The Bertz CT molecular complexity index is 511. The fraction of sp³-hybridized carbons (Fsp3) is 0.900. The number of rotatable bonds is 2. The number of hydrogen-bond acceptors (Lipinski definition) is 3. The molecule has 0 aromatic heterocycles. The fourth-order valence-electron chi connectivity index (χ4n) is 7.83. The molecule has 0 heterocycles. The summed E-state index contributed by atoms with van der Waals surface area (Å²) in [5, 5.41) is 30.8. The average molecular weight is 320 g/mol. The van der Waals surface area contributed by atoms with Crippen LogP contribution in [0.15, 0.2) is 12.2 Å². The van der Waals surface area contributed by atoms with Gasteiger partial charge in [0.1, 0.15) is 0 Å². The van der Waals surface area contributed by atoms with Gasteiger partial charge in [0.15, 0.2) is 0 Å². The van der Waals surface area contributed by atoms with Crippen molar-refractivity contribution in [1.82, 2.24) is 0 Å². The summed E-state index contributed by atoms with van der Waals surface area (Å²) < 4.78 is 0. The van der Waals surface area contributed by atoms with E-state index in [1.54, 1.807) is 0 Å². The van der Waals surface area contributed by atoms with Crippen LogP contribution < -0.4 is 0 Å². The van der Waals surface area contributed by atoms with Gasteiger partial charge in [-0.3, -0.25) is 0 Å². The number of fused-ring (bicyclic) bond motifs is 3. The molecule has 4 fully saturated rings. The van der Waals surface area contributed by atoms with Crippen LogP contribution in [0, 0.1) is 34.0 Å². The molecule has 0 aromatic carbocycles. The van der Waals surface area contributed by atoms with Gasteiger partial charge in [-0.2, -0.15) is 0 Å². The monoisotopic (exact) mass is 320 g/mol. The molecule has 6 atom stereocenters. The molecule has 4 aliphatic carbocycles. The Balaban J connectivity index is 1.75. The maximum Gasteiger partial charge on any atom is 0.0552 e. The van der Waals surface area contributed by atoms with Crippen LogP contribution in [0.5, 0.6) is 0 Å². The third-order valence-corrected chi connectivity index (χ3v) is 8.56. The quantitative estimate of drug-likeness (QED) is 0.686. The summed E-state index contributed by atoms with van der Waals surface area (Å²) in [6.07, 6.45) is 8.23. The van der Waals surface area contributed by atoms with Crippen LogP contribution in [0.25, 0.3) is 0 Å². The molecule has 23 heavy (non-hydrogen) atoms. The van der Waals surface area contributed by atoms with Gasteiger partial charge in [0, 0.05) is 5.41 Å². The summed E-state index contributed by atoms with van der Waals surface area (Å²) in [6.45, 7) is 6.70. The van der Waals surface area contributed by atoms with E-state index in [2.05, 4.69) is 13.5 Å². The van der Waals surface area contributed by atoms with Crippen LogP contribution in [0.2, 0.25) is 0 Å². The van der Waals surface area contributed by atoms with Gasteiger partial charge >= 0.3 is 0 Å². The third-order valence-electron chi connectivity index (χ3n) is 8.56. The lowest BCUT2D eigenvalue weighted by Gasteiger charge is -2.65. The summed E-state index contributed by atoms with van der Waals surface area (Å²) in [5.74, 6) is 1.66. The minimum Gasteiger partial charge on any atom is -0.396 e. The molecule has 4 saturated carbocycles. The van der Waals surface area contributed by atoms with Crippen molar-refractivity contribution < 1.29 is 15.3 Å². The van der Waals surface area contributed by atoms with Gasteiger partial charge in [0.05, 0.1) is 19.3 Å². The zero-order chi connectivity index (χ0) is 16.5. The van der Waals surface area contributed by atoms with E-state index in [0.717, 1.165) is 18.8 Å². The number of hydrogen-bond donors (Lipinski definition) is 3. The van der Waals surface area contributed by atoms with E-state index in [1.807, 2.05) is 0 Å². The summed E-state index contributed by atoms with van der Waals surface area (Å²) >= 11 is 0. The van der Waals surface area contributed by atoms with Crippen molar-refractivity contribution in [3.8, 4) is 0 Å². The Hall–Kier alpha value is -0.380. The first-order valence-corrected chi connectivity index (χ1v) is 9.47. The van der Waals surface area contributed by atoms with E-state index in [-0.39, 0.29) is 18.6 Å². The van der Waals surface area contributed by atoms with Crippen molar-refractivity contribution in [1.29, 1.82) is 0 Å². The highest BCUT2D eigenvalue weighted by Crippen LogP contribution is 2.72. The van der Waals surface area contributed by atoms with Crippen molar-refractivity contribution >= 4 is 0 Å². The molecular weight excluding hydrogens is 288 g/mol. The summed E-state index contributed by atoms with van der Waals surface area (Å²) in [5.41, 5.74) is 1.39. The second kappa shape index (κ2) is 5.06. The van der Waals surface area contributed by atoms with Gasteiger partial charge in [-0.25, -0.2) is 0 Å². The second-order valence-electron chi connectivity index (χ2n) is 9.57. The molecule has 3 N–H and O–H groups in total. The molecule has 3 heteroatoms. The van der Waals surface area contributed by atoms with Gasteiger partial charge in [-0.15, -0.1) is 0 Å². The first-order chi connectivity index (χ1) is 10.9. The standard InChI is InChI=1S/C20H32O3/c1-13-7-19-6-5-17-18(2,16(19)4-3-14(13)8-19)9-15(23)10-20(17,11-21)12-22/h14-17,21-23H,1,3-12H2,2H3/t14?,15-,16?,17?,18+,19?/m0/s1. The third kappa shape index (κ3) is 1.99. The SMILES string of the molecule is C=C1CC23CCC4C(CO)(CO)C[C@@H](O)C[C@]4(C)C2CCC1C3. The lowest BCUT2D eigenvalue weighted by Crippen LogP contribution is -2.61. The molecule has 3 nitrogen and oxygen atoms in total. The summed E-state index contributed by atoms with van der Waals surface area (Å²) in [6, 6.07) is 0. The molecule has 2 bridgehead atoms. The van der Waals surface area contributed by atoms with E-state index in [1.165, 1.54) is 37.7 Å². The van der Waals surface area contributed by atoms with Crippen LogP contribution in [0.4, 0.5) is 0 Å². The van der Waals surface area contributed by atoms with Gasteiger partial charge < -0.3 is 15.3 Å². The molecule has 4 unspecified atom stereocenters. The highest BCUT2D eigenvalue weighted by molar-refractivity contribution is 5.22. The largest absolute Gasteiger partial charge is 0.396 e. The minimum atomic E-state index is -0.500. The molecule has 1 spiro atoms. The Morgan fingerprint density at radius 2 is 1.78 bits per heavy atom. The van der Waals surface area contributed by atoms with Crippen molar-refractivity contribution in [2.45, 2.75) is 64.4 Å².